The molecule has 0 atom stereocenters. The van der Waals surface area contributed by atoms with Crippen LogP contribution >= 0.6 is 11.6 Å². The van der Waals surface area contributed by atoms with Crippen LogP contribution in [0.1, 0.15) is 62.2 Å². The Bertz CT molecular complexity index is 471. The molecule has 1 aliphatic carbocycles. The van der Waals surface area contributed by atoms with Gasteiger partial charge in [0.2, 0.25) is 0 Å². The lowest BCUT2D eigenvalue weighted by Crippen LogP contribution is -2.34. The first-order chi connectivity index (χ1) is 10.2. The molecule has 0 aromatic carbocycles. The highest BCUT2D eigenvalue weighted by Crippen LogP contribution is 2.21. The van der Waals surface area contributed by atoms with Crippen molar-refractivity contribution in [2.45, 2.75) is 57.9 Å². The zero-order valence-corrected chi connectivity index (χ0v) is 13.4. The zero-order chi connectivity index (χ0) is 15.1. The smallest absolute Gasteiger partial charge is 0.253 e. The van der Waals surface area contributed by atoms with Gasteiger partial charge in [0, 0.05) is 18.8 Å². The lowest BCUT2D eigenvalue weighted by molar-refractivity contribution is 0.0933. The highest BCUT2D eigenvalue weighted by atomic mass is 35.5. The Morgan fingerprint density at radius 1 is 1.33 bits per heavy atom. The number of halogens is 1. The van der Waals surface area contributed by atoms with Crippen molar-refractivity contribution in [3.8, 4) is 0 Å². The average Bonchev–Trinajstić information content (AvgIpc) is 2.75. The number of aromatic nitrogens is 1. The largest absolute Gasteiger partial charge is 0.370 e. The van der Waals surface area contributed by atoms with Gasteiger partial charge < -0.3 is 10.6 Å². The predicted octanol–water partition coefficient (Wildman–Crippen LogP) is 4.01. The molecule has 1 aliphatic rings. The lowest BCUT2D eigenvalue weighted by atomic mass is 10.1. The molecule has 2 N–H and O–H groups in total. The maximum Gasteiger partial charge on any atom is 0.253 e. The molecule has 1 amide bonds. The molecule has 1 aromatic rings. The van der Waals surface area contributed by atoms with Crippen molar-refractivity contribution in [3.63, 3.8) is 0 Å². The van der Waals surface area contributed by atoms with E-state index in [1.54, 1.807) is 12.3 Å². The highest BCUT2D eigenvalue weighted by Gasteiger charge is 2.18. The van der Waals surface area contributed by atoms with Crippen molar-refractivity contribution in [3.05, 3.63) is 22.8 Å². The zero-order valence-electron chi connectivity index (χ0n) is 12.6. The number of hydrogen-bond acceptors (Lipinski definition) is 3. The summed E-state index contributed by atoms with van der Waals surface area (Å²) in [6.07, 6.45) is 9.61. The van der Waals surface area contributed by atoms with Gasteiger partial charge in [0.1, 0.15) is 5.82 Å². The maximum atomic E-state index is 12.4. The van der Waals surface area contributed by atoms with E-state index in [0.717, 1.165) is 25.8 Å². The molecule has 1 heterocycles. The number of nitrogens with one attached hydrogen (secondary N) is 2. The van der Waals surface area contributed by atoms with Crippen molar-refractivity contribution in [1.82, 2.24) is 10.3 Å². The van der Waals surface area contributed by atoms with E-state index in [0.29, 0.717) is 16.4 Å². The summed E-state index contributed by atoms with van der Waals surface area (Å²) in [6.45, 7) is 2.92. The van der Waals surface area contributed by atoms with Crippen molar-refractivity contribution in [2.24, 2.45) is 0 Å². The van der Waals surface area contributed by atoms with E-state index in [4.69, 9.17) is 11.6 Å². The summed E-state index contributed by atoms with van der Waals surface area (Å²) in [7, 11) is 0. The molecular weight excluding hydrogens is 286 g/mol. The summed E-state index contributed by atoms with van der Waals surface area (Å²) in [6, 6.07) is 2.01. The lowest BCUT2D eigenvalue weighted by Gasteiger charge is -2.17. The summed E-state index contributed by atoms with van der Waals surface area (Å²) in [4.78, 5) is 16.6. The number of carbonyl (C=O) groups excluding carboxylic acids is 1. The fourth-order valence-electron chi connectivity index (χ4n) is 2.65. The van der Waals surface area contributed by atoms with Crippen LogP contribution in [0.4, 0.5) is 5.82 Å². The molecule has 0 aliphatic heterocycles. The summed E-state index contributed by atoms with van der Waals surface area (Å²) >= 11 is 6.12. The number of rotatable bonds is 5. The Kier molecular flexibility index (Phi) is 6.30. The van der Waals surface area contributed by atoms with Crippen molar-refractivity contribution in [2.75, 3.05) is 11.9 Å². The van der Waals surface area contributed by atoms with Crippen molar-refractivity contribution in [1.29, 1.82) is 0 Å². The van der Waals surface area contributed by atoms with Gasteiger partial charge in [-0.1, -0.05) is 44.2 Å². The van der Waals surface area contributed by atoms with Crippen LogP contribution in [-0.2, 0) is 0 Å². The van der Waals surface area contributed by atoms with E-state index in [-0.39, 0.29) is 11.9 Å². The van der Waals surface area contributed by atoms with Crippen LogP contribution in [0.25, 0.3) is 0 Å². The topological polar surface area (TPSA) is 54.0 Å². The van der Waals surface area contributed by atoms with Crippen LogP contribution in [0, 0.1) is 0 Å². The van der Waals surface area contributed by atoms with Crippen LogP contribution in [0.2, 0.25) is 5.02 Å². The van der Waals surface area contributed by atoms with Gasteiger partial charge >= 0.3 is 0 Å². The monoisotopic (exact) mass is 309 g/mol. The molecule has 0 spiro atoms. The van der Waals surface area contributed by atoms with Gasteiger partial charge in [0.25, 0.3) is 5.91 Å². The van der Waals surface area contributed by atoms with Gasteiger partial charge in [0.15, 0.2) is 0 Å². The minimum Gasteiger partial charge on any atom is -0.370 e. The number of pyridine rings is 1. The third-order valence-corrected chi connectivity index (χ3v) is 4.15. The second kappa shape index (κ2) is 8.23. The van der Waals surface area contributed by atoms with E-state index in [1.807, 2.05) is 0 Å². The van der Waals surface area contributed by atoms with Gasteiger partial charge in [-0.05, 0) is 25.3 Å². The van der Waals surface area contributed by atoms with E-state index < -0.39 is 0 Å². The minimum absolute atomic E-state index is 0.0890. The molecule has 0 saturated heterocycles. The fraction of sp³-hybridized carbons (Fsp3) is 0.625. The molecule has 0 unspecified atom stereocenters. The quantitative estimate of drug-likeness (QED) is 0.808. The first kappa shape index (κ1) is 16.1. The Labute approximate surface area is 131 Å². The molecule has 2 rings (SSSR count). The summed E-state index contributed by atoms with van der Waals surface area (Å²) in [5.41, 5.74) is 0.509. The Hall–Kier alpha value is -1.29. The fourth-order valence-corrected chi connectivity index (χ4v) is 2.84. The Morgan fingerprint density at radius 3 is 2.71 bits per heavy atom. The van der Waals surface area contributed by atoms with Gasteiger partial charge in [-0.25, -0.2) is 4.98 Å². The highest BCUT2D eigenvalue weighted by molar-refractivity contribution is 6.33. The second-order valence-corrected chi connectivity index (χ2v) is 6.05. The molecule has 1 aromatic heterocycles. The van der Waals surface area contributed by atoms with Gasteiger partial charge in [-0.2, -0.15) is 0 Å². The SMILES string of the molecule is CCCNc1cc(C(=O)NC2CCCCCC2)c(Cl)cn1. The summed E-state index contributed by atoms with van der Waals surface area (Å²) < 4.78 is 0. The van der Waals surface area contributed by atoms with E-state index in [9.17, 15) is 4.79 Å². The third-order valence-electron chi connectivity index (χ3n) is 3.85. The number of nitrogens with zero attached hydrogens (tertiary/aromatic N) is 1. The number of carbonyl (C=O) groups is 1. The predicted molar refractivity (Wildman–Crippen MR) is 87.0 cm³/mol. The van der Waals surface area contributed by atoms with Crippen molar-refractivity contribution < 1.29 is 4.79 Å². The molecule has 0 bridgehead atoms. The van der Waals surface area contributed by atoms with E-state index in [1.165, 1.54) is 25.7 Å². The second-order valence-electron chi connectivity index (χ2n) is 5.64. The molecule has 1 fully saturated rings. The molecule has 4 nitrogen and oxygen atoms in total. The van der Waals surface area contributed by atoms with E-state index in [2.05, 4.69) is 22.5 Å². The van der Waals surface area contributed by atoms with Crippen LogP contribution in [0.5, 0.6) is 0 Å². The first-order valence-electron chi connectivity index (χ1n) is 7.91. The van der Waals surface area contributed by atoms with Crippen LogP contribution in [-0.4, -0.2) is 23.5 Å². The Balaban J connectivity index is 2.03. The number of hydrogen-bond donors (Lipinski definition) is 2. The molecule has 1 saturated carbocycles. The summed E-state index contributed by atoms with van der Waals surface area (Å²) in [5.74, 6) is 0.612. The summed E-state index contributed by atoms with van der Waals surface area (Å²) in [5, 5.41) is 6.71. The van der Waals surface area contributed by atoms with Crippen LogP contribution in [0.15, 0.2) is 12.3 Å². The normalized spacial score (nSPS) is 16.3. The average molecular weight is 310 g/mol. The van der Waals surface area contributed by atoms with Gasteiger partial charge in [-0.15, -0.1) is 0 Å². The van der Waals surface area contributed by atoms with Gasteiger partial charge in [0.05, 0.1) is 10.6 Å². The molecule has 116 valence electrons. The molecule has 5 heteroatoms. The standard InChI is InChI=1S/C16H24ClN3O/c1-2-9-18-15-10-13(14(17)11-19-15)16(21)20-12-7-5-3-4-6-8-12/h10-12H,2-9H2,1H3,(H,18,19)(H,20,21). The van der Waals surface area contributed by atoms with Crippen molar-refractivity contribution >= 4 is 23.3 Å². The van der Waals surface area contributed by atoms with Gasteiger partial charge in [-0.3, -0.25) is 4.79 Å². The number of amides is 1. The first-order valence-corrected chi connectivity index (χ1v) is 8.28. The maximum absolute atomic E-state index is 12.4. The molecule has 0 radical (unpaired) electrons. The van der Waals surface area contributed by atoms with Crippen LogP contribution < -0.4 is 10.6 Å². The molecular formula is C16H24ClN3O. The van der Waals surface area contributed by atoms with Crippen LogP contribution in [0.3, 0.4) is 0 Å². The Morgan fingerprint density at radius 2 is 2.05 bits per heavy atom. The molecule has 21 heavy (non-hydrogen) atoms. The number of anilines is 1. The third kappa shape index (κ3) is 4.88. The minimum atomic E-state index is -0.0890. The van der Waals surface area contributed by atoms with E-state index >= 15 is 0 Å².